The van der Waals surface area contributed by atoms with Gasteiger partial charge in [0, 0.05) is 23.3 Å². The van der Waals surface area contributed by atoms with Crippen LogP contribution < -0.4 is 0 Å². The second-order valence-electron chi connectivity index (χ2n) is 4.10. The Bertz CT molecular complexity index is 548. The number of rotatable bonds is 5. The summed E-state index contributed by atoms with van der Waals surface area (Å²) in [6, 6.07) is 3.53. The van der Waals surface area contributed by atoms with Crippen LogP contribution in [0, 0.1) is 6.92 Å². The van der Waals surface area contributed by atoms with Crippen LogP contribution in [0.4, 0.5) is 0 Å². The maximum Gasteiger partial charge on any atom is 0.345 e. The van der Waals surface area contributed by atoms with Gasteiger partial charge < -0.3 is 5.11 Å². The number of aryl methyl sites for hydroxylation is 1. The van der Waals surface area contributed by atoms with Crippen LogP contribution >= 0.6 is 22.7 Å². The van der Waals surface area contributed by atoms with E-state index < -0.39 is 5.97 Å². The lowest BCUT2D eigenvalue weighted by molar-refractivity contribution is 0.0702. The molecule has 0 amide bonds. The molecule has 6 heteroatoms. The van der Waals surface area contributed by atoms with E-state index in [1.165, 1.54) is 11.3 Å². The first kappa shape index (κ1) is 13.2. The number of carbonyl (C=O) groups is 1. The summed E-state index contributed by atoms with van der Waals surface area (Å²) >= 11 is 2.97. The average Bonchev–Trinajstić information content (AvgIpc) is 2.88. The highest BCUT2D eigenvalue weighted by Crippen LogP contribution is 2.19. The molecule has 4 nitrogen and oxygen atoms in total. The molecule has 0 radical (unpaired) electrons. The van der Waals surface area contributed by atoms with Gasteiger partial charge in [-0.2, -0.15) is 0 Å². The number of carboxylic acids is 1. The Morgan fingerprint density at radius 3 is 2.78 bits per heavy atom. The van der Waals surface area contributed by atoms with E-state index in [-0.39, 0.29) is 0 Å². The van der Waals surface area contributed by atoms with Gasteiger partial charge >= 0.3 is 5.97 Å². The lowest BCUT2D eigenvalue weighted by Gasteiger charge is -2.13. The summed E-state index contributed by atoms with van der Waals surface area (Å²) in [6.45, 7) is 3.52. The summed E-state index contributed by atoms with van der Waals surface area (Å²) in [5.74, 6) is -0.857. The highest BCUT2D eigenvalue weighted by atomic mass is 32.1. The van der Waals surface area contributed by atoms with Crippen molar-refractivity contribution in [3.63, 3.8) is 0 Å². The summed E-state index contributed by atoms with van der Waals surface area (Å²) in [6.07, 6.45) is 0. The Morgan fingerprint density at radius 2 is 2.22 bits per heavy atom. The fourth-order valence-corrected chi connectivity index (χ4v) is 3.19. The standard InChI is InChI=1S/C12H14N2O2S2/c1-8-13-9(7-17-8)5-14(2)6-10-3-4-11(18-10)12(15)16/h3-4,7H,5-6H2,1-2H3,(H,15,16). The molecule has 0 aromatic carbocycles. The molecule has 18 heavy (non-hydrogen) atoms. The zero-order valence-corrected chi connectivity index (χ0v) is 11.8. The summed E-state index contributed by atoms with van der Waals surface area (Å²) in [5, 5.41) is 12.0. The maximum absolute atomic E-state index is 10.8. The van der Waals surface area contributed by atoms with Crippen molar-refractivity contribution in [2.75, 3.05) is 7.05 Å². The van der Waals surface area contributed by atoms with E-state index in [2.05, 4.69) is 15.3 Å². The topological polar surface area (TPSA) is 53.4 Å². The second kappa shape index (κ2) is 5.60. The molecule has 2 aromatic heterocycles. The van der Waals surface area contributed by atoms with Gasteiger partial charge in [-0.3, -0.25) is 4.90 Å². The third kappa shape index (κ3) is 3.38. The molecule has 2 aromatic rings. The normalized spacial score (nSPS) is 11.1. The van der Waals surface area contributed by atoms with Gasteiger partial charge in [0.15, 0.2) is 0 Å². The van der Waals surface area contributed by atoms with E-state index >= 15 is 0 Å². The molecule has 0 aliphatic carbocycles. The van der Waals surface area contributed by atoms with Gasteiger partial charge in [-0.25, -0.2) is 9.78 Å². The number of thiophene rings is 1. The molecule has 0 saturated carbocycles. The Morgan fingerprint density at radius 1 is 1.44 bits per heavy atom. The van der Waals surface area contributed by atoms with Crippen molar-refractivity contribution in [2.45, 2.75) is 20.0 Å². The van der Waals surface area contributed by atoms with Crippen LogP contribution in [0.2, 0.25) is 0 Å². The maximum atomic E-state index is 10.8. The number of hydrogen-bond acceptors (Lipinski definition) is 5. The fraction of sp³-hybridized carbons (Fsp3) is 0.333. The molecule has 0 unspecified atom stereocenters. The van der Waals surface area contributed by atoms with Gasteiger partial charge in [0.25, 0.3) is 0 Å². The average molecular weight is 282 g/mol. The number of hydrogen-bond donors (Lipinski definition) is 1. The minimum absolute atomic E-state index is 0.392. The molecular weight excluding hydrogens is 268 g/mol. The molecule has 2 heterocycles. The molecular formula is C12H14N2O2S2. The molecule has 2 rings (SSSR count). The lowest BCUT2D eigenvalue weighted by atomic mass is 10.4. The largest absolute Gasteiger partial charge is 0.477 e. The number of thiazole rings is 1. The molecule has 0 saturated heterocycles. The van der Waals surface area contributed by atoms with Crippen molar-refractivity contribution in [3.8, 4) is 0 Å². The molecule has 96 valence electrons. The van der Waals surface area contributed by atoms with Crippen molar-refractivity contribution in [1.82, 2.24) is 9.88 Å². The van der Waals surface area contributed by atoms with E-state index in [0.717, 1.165) is 28.7 Å². The predicted molar refractivity (Wildman–Crippen MR) is 73.3 cm³/mol. The smallest absolute Gasteiger partial charge is 0.345 e. The zero-order chi connectivity index (χ0) is 13.1. The first-order valence-corrected chi connectivity index (χ1v) is 7.16. The minimum Gasteiger partial charge on any atom is -0.477 e. The number of aromatic carboxylic acids is 1. The number of aromatic nitrogens is 1. The molecule has 0 fully saturated rings. The Hall–Kier alpha value is -1.24. The van der Waals surface area contributed by atoms with Crippen LogP contribution in [0.1, 0.15) is 25.3 Å². The van der Waals surface area contributed by atoms with Crippen LogP contribution in [0.3, 0.4) is 0 Å². The lowest BCUT2D eigenvalue weighted by Crippen LogP contribution is -2.16. The summed E-state index contributed by atoms with van der Waals surface area (Å²) in [4.78, 5) is 18.8. The molecule has 1 N–H and O–H groups in total. The summed E-state index contributed by atoms with van der Waals surface area (Å²) in [7, 11) is 2.01. The fourth-order valence-electron chi connectivity index (χ4n) is 1.66. The Labute approximate surface area is 114 Å². The van der Waals surface area contributed by atoms with Gasteiger partial charge in [0.2, 0.25) is 0 Å². The van der Waals surface area contributed by atoms with E-state index in [4.69, 9.17) is 5.11 Å². The Kier molecular flexibility index (Phi) is 4.11. The van der Waals surface area contributed by atoms with Crippen LogP contribution in [0.5, 0.6) is 0 Å². The predicted octanol–water partition coefficient (Wildman–Crippen LogP) is 2.84. The van der Waals surface area contributed by atoms with Crippen LogP contribution in [0.15, 0.2) is 17.5 Å². The first-order chi connectivity index (χ1) is 8.54. The van der Waals surface area contributed by atoms with E-state index in [1.54, 1.807) is 17.4 Å². The quantitative estimate of drug-likeness (QED) is 0.916. The molecule has 0 bridgehead atoms. The minimum atomic E-state index is -0.857. The van der Waals surface area contributed by atoms with Crippen LogP contribution in [-0.2, 0) is 13.1 Å². The summed E-state index contributed by atoms with van der Waals surface area (Å²) < 4.78 is 0. The van der Waals surface area contributed by atoms with E-state index in [0.29, 0.717) is 4.88 Å². The van der Waals surface area contributed by atoms with Crippen molar-refractivity contribution in [2.24, 2.45) is 0 Å². The third-order valence-corrected chi connectivity index (χ3v) is 4.28. The second-order valence-corrected chi connectivity index (χ2v) is 6.33. The first-order valence-electron chi connectivity index (χ1n) is 5.46. The van der Waals surface area contributed by atoms with Crippen molar-refractivity contribution < 1.29 is 9.90 Å². The molecule has 0 atom stereocenters. The van der Waals surface area contributed by atoms with Gasteiger partial charge in [0.1, 0.15) is 4.88 Å². The van der Waals surface area contributed by atoms with Crippen LogP contribution in [0.25, 0.3) is 0 Å². The van der Waals surface area contributed by atoms with Gasteiger partial charge in [-0.1, -0.05) is 0 Å². The highest BCUT2D eigenvalue weighted by molar-refractivity contribution is 7.13. The van der Waals surface area contributed by atoms with Crippen molar-refractivity contribution in [3.05, 3.63) is 38.0 Å². The van der Waals surface area contributed by atoms with Crippen LogP contribution in [-0.4, -0.2) is 28.0 Å². The van der Waals surface area contributed by atoms with Gasteiger partial charge in [0.05, 0.1) is 10.7 Å². The van der Waals surface area contributed by atoms with Crippen molar-refractivity contribution >= 4 is 28.6 Å². The molecule has 0 spiro atoms. The monoisotopic (exact) mass is 282 g/mol. The van der Waals surface area contributed by atoms with Gasteiger partial charge in [-0.05, 0) is 26.1 Å². The third-order valence-electron chi connectivity index (χ3n) is 2.40. The van der Waals surface area contributed by atoms with E-state index in [1.807, 2.05) is 20.0 Å². The SMILES string of the molecule is Cc1nc(CN(C)Cc2ccc(C(=O)O)s2)cs1. The summed E-state index contributed by atoms with van der Waals surface area (Å²) in [5.41, 5.74) is 1.06. The number of nitrogens with zero attached hydrogens (tertiary/aromatic N) is 2. The highest BCUT2D eigenvalue weighted by Gasteiger charge is 2.09. The number of carboxylic acid groups (broad SMARTS) is 1. The zero-order valence-electron chi connectivity index (χ0n) is 10.2. The van der Waals surface area contributed by atoms with E-state index in [9.17, 15) is 4.79 Å². The molecule has 0 aliphatic heterocycles. The Balaban J connectivity index is 1.94. The molecule has 0 aliphatic rings. The van der Waals surface area contributed by atoms with Gasteiger partial charge in [-0.15, -0.1) is 22.7 Å². The van der Waals surface area contributed by atoms with Crippen molar-refractivity contribution in [1.29, 1.82) is 0 Å².